The number of likely N-dealkylation sites (tertiary alicyclic amines) is 1. The molecular weight excluding hydrogens is 393 g/mol. The fourth-order valence-electron chi connectivity index (χ4n) is 3.94. The monoisotopic (exact) mass is 417 g/mol. The summed E-state index contributed by atoms with van der Waals surface area (Å²) in [5.74, 6) is -0.991. The summed E-state index contributed by atoms with van der Waals surface area (Å²) in [6.07, 6.45) is 2.31. The van der Waals surface area contributed by atoms with E-state index in [4.69, 9.17) is 0 Å². The summed E-state index contributed by atoms with van der Waals surface area (Å²) in [5.41, 5.74) is 1.70. The van der Waals surface area contributed by atoms with Gasteiger partial charge in [-0.15, -0.1) is 0 Å². The van der Waals surface area contributed by atoms with Gasteiger partial charge < -0.3 is 10.2 Å². The van der Waals surface area contributed by atoms with Gasteiger partial charge in [-0.05, 0) is 69.2 Å². The quantitative estimate of drug-likeness (QED) is 0.830. The minimum absolute atomic E-state index is 0.116. The van der Waals surface area contributed by atoms with Gasteiger partial charge in [-0.2, -0.15) is 0 Å². The SMILES string of the molecule is CN1CCC(NC(=O)c2ccc3c(c2)N(S(=O)(=O)c2ccccc2F)CC3)CC1. The molecule has 1 saturated heterocycles. The van der Waals surface area contributed by atoms with Gasteiger partial charge in [-0.1, -0.05) is 18.2 Å². The zero-order valence-corrected chi connectivity index (χ0v) is 17.1. The first kappa shape index (κ1) is 19.8. The Morgan fingerprint density at radius 2 is 1.83 bits per heavy atom. The molecule has 8 heteroatoms. The van der Waals surface area contributed by atoms with E-state index in [0.29, 0.717) is 17.7 Å². The van der Waals surface area contributed by atoms with Gasteiger partial charge in [-0.25, -0.2) is 12.8 Å². The molecule has 1 amide bonds. The molecule has 29 heavy (non-hydrogen) atoms. The molecule has 2 aromatic carbocycles. The first-order valence-corrected chi connectivity index (χ1v) is 11.2. The Bertz CT molecular complexity index is 1030. The second-order valence-corrected chi connectivity index (χ2v) is 9.48. The molecule has 0 atom stereocenters. The molecule has 2 heterocycles. The first-order chi connectivity index (χ1) is 13.9. The maximum absolute atomic E-state index is 14.1. The third-order valence-corrected chi connectivity index (χ3v) is 7.51. The zero-order chi connectivity index (χ0) is 20.6. The largest absolute Gasteiger partial charge is 0.349 e. The predicted octanol–water partition coefficient (Wildman–Crippen LogP) is 2.40. The fraction of sp³-hybridized carbons (Fsp3) is 0.381. The Kier molecular flexibility index (Phi) is 5.31. The number of fused-ring (bicyclic) bond motifs is 1. The number of anilines is 1. The van der Waals surface area contributed by atoms with Crippen LogP contribution in [-0.4, -0.2) is 51.9 Å². The smallest absolute Gasteiger partial charge is 0.267 e. The minimum atomic E-state index is -4.04. The lowest BCUT2D eigenvalue weighted by atomic mass is 10.0. The summed E-state index contributed by atoms with van der Waals surface area (Å²) in [5, 5.41) is 3.05. The van der Waals surface area contributed by atoms with Crippen LogP contribution in [0.15, 0.2) is 47.4 Å². The third kappa shape index (κ3) is 3.86. The first-order valence-electron chi connectivity index (χ1n) is 9.76. The van der Waals surface area contributed by atoms with E-state index < -0.39 is 15.8 Å². The number of nitrogens with zero attached hydrogens (tertiary/aromatic N) is 2. The highest BCUT2D eigenvalue weighted by atomic mass is 32.2. The van der Waals surface area contributed by atoms with E-state index in [-0.39, 0.29) is 23.4 Å². The van der Waals surface area contributed by atoms with Crippen LogP contribution < -0.4 is 9.62 Å². The van der Waals surface area contributed by atoms with Gasteiger partial charge in [0, 0.05) is 18.2 Å². The van der Waals surface area contributed by atoms with Crippen molar-refractivity contribution in [3.8, 4) is 0 Å². The van der Waals surface area contributed by atoms with E-state index >= 15 is 0 Å². The summed E-state index contributed by atoms with van der Waals surface area (Å²) >= 11 is 0. The summed E-state index contributed by atoms with van der Waals surface area (Å²) in [6.45, 7) is 2.10. The molecule has 0 aromatic heterocycles. The van der Waals surface area contributed by atoms with Crippen molar-refractivity contribution in [1.29, 1.82) is 0 Å². The molecule has 0 radical (unpaired) electrons. The summed E-state index contributed by atoms with van der Waals surface area (Å²) < 4.78 is 41.4. The summed E-state index contributed by atoms with van der Waals surface area (Å²) in [6, 6.07) is 10.6. The Labute approximate surface area is 170 Å². The van der Waals surface area contributed by atoms with E-state index in [0.717, 1.165) is 37.6 Å². The Hall–Kier alpha value is -2.45. The minimum Gasteiger partial charge on any atom is -0.349 e. The second kappa shape index (κ2) is 7.76. The van der Waals surface area contributed by atoms with E-state index in [2.05, 4.69) is 17.3 Å². The Morgan fingerprint density at radius 3 is 2.55 bits per heavy atom. The number of carbonyl (C=O) groups is 1. The van der Waals surface area contributed by atoms with Gasteiger partial charge in [0.05, 0.1) is 5.69 Å². The Morgan fingerprint density at radius 1 is 1.10 bits per heavy atom. The van der Waals surface area contributed by atoms with E-state index in [9.17, 15) is 17.6 Å². The van der Waals surface area contributed by atoms with Crippen molar-refractivity contribution < 1.29 is 17.6 Å². The maximum atomic E-state index is 14.1. The van der Waals surface area contributed by atoms with Crippen LogP contribution in [0.4, 0.5) is 10.1 Å². The van der Waals surface area contributed by atoms with Gasteiger partial charge >= 0.3 is 0 Å². The van der Waals surface area contributed by atoms with Crippen LogP contribution in [0.3, 0.4) is 0 Å². The molecule has 1 fully saturated rings. The number of piperidine rings is 1. The average molecular weight is 418 g/mol. The van der Waals surface area contributed by atoms with Crippen molar-refractivity contribution in [3.05, 3.63) is 59.4 Å². The van der Waals surface area contributed by atoms with Crippen LogP contribution in [0, 0.1) is 5.82 Å². The molecule has 0 spiro atoms. The molecule has 2 aliphatic heterocycles. The molecule has 2 aromatic rings. The Balaban J connectivity index is 1.58. The number of halogens is 1. The van der Waals surface area contributed by atoms with Gasteiger partial charge in [0.15, 0.2) is 0 Å². The number of nitrogens with one attached hydrogen (secondary N) is 1. The van der Waals surface area contributed by atoms with Crippen molar-refractivity contribution in [2.24, 2.45) is 0 Å². The highest BCUT2D eigenvalue weighted by Gasteiger charge is 2.33. The number of rotatable bonds is 4. The molecule has 2 aliphatic rings. The fourth-order valence-corrected chi connectivity index (χ4v) is 5.50. The molecule has 0 aliphatic carbocycles. The number of carbonyl (C=O) groups excluding carboxylic acids is 1. The number of amides is 1. The van der Waals surface area contributed by atoms with E-state index in [1.165, 1.54) is 22.5 Å². The van der Waals surface area contributed by atoms with Gasteiger partial charge in [0.2, 0.25) is 0 Å². The highest BCUT2D eigenvalue weighted by Crippen LogP contribution is 2.34. The normalized spacial score (nSPS) is 17.9. The molecule has 4 rings (SSSR count). The number of hydrogen-bond donors (Lipinski definition) is 1. The van der Waals surface area contributed by atoms with Crippen molar-refractivity contribution >= 4 is 21.6 Å². The predicted molar refractivity (Wildman–Crippen MR) is 109 cm³/mol. The van der Waals surface area contributed by atoms with Crippen LogP contribution in [-0.2, 0) is 16.4 Å². The highest BCUT2D eigenvalue weighted by molar-refractivity contribution is 7.92. The van der Waals surface area contributed by atoms with Crippen LogP contribution in [0.2, 0.25) is 0 Å². The molecule has 1 N–H and O–H groups in total. The van der Waals surface area contributed by atoms with Crippen LogP contribution in [0.5, 0.6) is 0 Å². The third-order valence-electron chi connectivity index (χ3n) is 5.66. The van der Waals surface area contributed by atoms with Gasteiger partial charge in [0.1, 0.15) is 10.7 Å². The summed E-state index contributed by atoms with van der Waals surface area (Å²) in [4.78, 5) is 14.6. The topological polar surface area (TPSA) is 69.7 Å². The lowest BCUT2D eigenvalue weighted by molar-refractivity contribution is 0.0917. The van der Waals surface area contributed by atoms with Crippen molar-refractivity contribution in [2.75, 3.05) is 31.0 Å². The average Bonchev–Trinajstić information content (AvgIpc) is 3.14. The molecule has 0 bridgehead atoms. The molecular formula is C21H24FN3O3S. The molecule has 6 nitrogen and oxygen atoms in total. The summed E-state index contributed by atoms with van der Waals surface area (Å²) in [7, 11) is -1.98. The van der Waals surface area contributed by atoms with Crippen LogP contribution in [0.25, 0.3) is 0 Å². The van der Waals surface area contributed by atoms with Crippen molar-refractivity contribution in [3.63, 3.8) is 0 Å². The van der Waals surface area contributed by atoms with Crippen LogP contribution >= 0.6 is 0 Å². The number of sulfonamides is 1. The van der Waals surface area contributed by atoms with Crippen molar-refractivity contribution in [2.45, 2.75) is 30.2 Å². The molecule has 154 valence electrons. The maximum Gasteiger partial charge on any atom is 0.267 e. The van der Waals surface area contributed by atoms with E-state index in [1.807, 2.05) is 0 Å². The van der Waals surface area contributed by atoms with Gasteiger partial charge in [0.25, 0.3) is 15.9 Å². The lowest BCUT2D eigenvalue weighted by Crippen LogP contribution is -2.43. The van der Waals surface area contributed by atoms with E-state index in [1.54, 1.807) is 18.2 Å². The molecule has 0 unspecified atom stereocenters. The zero-order valence-electron chi connectivity index (χ0n) is 16.3. The molecule has 0 saturated carbocycles. The van der Waals surface area contributed by atoms with Crippen LogP contribution in [0.1, 0.15) is 28.8 Å². The van der Waals surface area contributed by atoms with Crippen molar-refractivity contribution in [1.82, 2.24) is 10.2 Å². The lowest BCUT2D eigenvalue weighted by Gasteiger charge is -2.29. The standard InChI is InChI=1S/C21H24FN3O3S/c1-24-11-9-17(10-12-24)23-21(26)16-7-6-15-8-13-25(19(15)14-16)29(27,28)20-5-3-2-4-18(20)22/h2-7,14,17H,8-13H2,1H3,(H,23,26). The van der Waals surface area contributed by atoms with Gasteiger partial charge in [-0.3, -0.25) is 9.10 Å². The number of hydrogen-bond acceptors (Lipinski definition) is 4. The number of benzene rings is 2. The second-order valence-electron chi connectivity index (χ2n) is 7.65.